The molecule has 3 aromatic carbocycles. The Kier molecular flexibility index (Phi) is 6.21. The van der Waals surface area contributed by atoms with E-state index in [1.165, 1.54) is 28.9 Å². The van der Waals surface area contributed by atoms with Crippen molar-refractivity contribution in [3.63, 3.8) is 0 Å². The summed E-state index contributed by atoms with van der Waals surface area (Å²) in [6, 6.07) is 19.3. The van der Waals surface area contributed by atoms with Crippen molar-refractivity contribution in [2.24, 2.45) is 0 Å². The van der Waals surface area contributed by atoms with Gasteiger partial charge in [0.25, 0.3) is 5.91 Å². The van der Waals surface area contributed by atoms with Crippen LogP contribution in [0, 0.1) is 18.6 Å². The van der Waals surface area contributed by atoms with Gasteiger partial charge in [-0.15, -0.1) is 5.10 Å². The third-order valence-electron chi connectivity index (χ3n) is 4.79. The molecule has 0 aliphatic rings. The molecule has 6 nitrogen and oxygen atoms in total. The number of aryl methyl sites for hydroxylation is 1. The number of rotatable bonds is 7. The second kappa shape index (κ2) is 9.38. The molecule has 0 aliphatic carbocycles. The average molecular weight is 433 g/mol. The SMILES string of the molecule is Cc1cccc(C(=O)n2nc(NCc3ccc(F)cc3)nc2NCc2ccc(F)cc2)c1. The number of nitrogens with one attached hydrogen (secondary N) is 2. The minimum absolute atomic E-state index is 0.247. The summed E-state index contributed by atoms with van der Waals surface area (Å²) in [5.41, 5.74) is 3.09. The number of carbonyl (C=O) groups excluding carboxylic acids is 1. The maximum absolute atomic E-state index is 13.2. The highest BCUT2D eigenvalue weighted by atomic mass is 19.1. The molecule has 4 aromatic rings. The Hall–Kier alpha value is -4.07. The summed E-state index contributed by atoms with van der Waals surface area (Å²) in [5, 5.41) is 10.5. The molecule has 4 rings (SSSR count). The van der Waals surface area contributed by atoms with Crippen molar-refractivity contribution in [1.82, 2.24) is 14.8 Å². The van der Waals surface area contributed by atoms with Crippen LogP contribution >= 0.6 is 0 Å². The van der Waals surface area contributed by atoms with Gasteiger partial charge in [-0.25, -0.2) is 8.78 Å². The molecule has 2 N–H and O–H groups in total. The molecule has 0 unspecified atom stereocenters. The van der Waals surface area contributed by atoms with Crippen LogP contribution < -0.4 is 10.6 Å². The molecule has 0 radical (unpaired) electrons. The van der Waals surface area contributed by atoms with E-state index in [9.17, 15) is 13.6 Å². The van der Waals surface area contributed by atoms with E-state index in [-0.39, 0.29) is 29.4 Å². The van der Waals surface area contributed by atoms with E-state index in [0.29, 0.717) is 18.7 Å². The van der Waals surface area contributed by atoms with Crippen molar-refractivity contribution < 1.29 is 13.6 Å². The van der Waals surface area contributed by atoms with Crippen molar-refractivity contribution in [2.75, 3.05) is 10.6 Å². The molecular weight excluding hydrogens is 412 g/mol. The third kappa shape index (κ3) is 5.15. The van der Waals surface area contributed by atoms with Crippen LogP contribution in [0.5, 0.6) is 0 Å². The van der Waals surface area contributed by atoms with Crippen LogP contribution in [0.25, 0.3) is 0 Å². The topological polar surface area (TPSA) is 71.8 Å². The summed E-state index contributed by atoms with van der Waals surface area (Å²) in [6.07, 6.45) is 0. The van der Waals surface area contributed by atoms with Gasteiger partial charge in [-0.05, 0) is 54.4 Å². The van der Waals surface area contributed by atoms with Crippen LogP contribution in [0.15, 0.2) is 72.8 Å². The van der Waals surface area contributed by atoms with Crippen molar-refractivity contribution >= 4 is 17.8 Å². The first-order valence-electron chi connectivity index (χ1n) is 10.0. The Morgan fingerprint density at radius 2 is 1.47 bits per heavy atom. The lowest BCUT2D eigenvalue weighted by Gasteiger charge is -2.07. The molecule has 0 bridgehead atoms. The molecule has 162 valence electrons. The Balaban J connectivity index is 1.57. The van der Waals surface area contributed by atoms with E-state index in [1.807, 2.05) is 13.0 Å². The lowest BCUT2D eigenvalue weighted by atomic mass is 10.1. The van der Waals surface area contributed by atoms with Crippen molar-refractivity contribution in [3.05, 3.63) is 107 Å². The van der Waals surface area contributed by atoms with E-state index in [4.69, 9.17) is 0 Å². The molecule has 0 saturated carbocycles. The van der Waals surface area contributed by atoms with Crippen LogP contribution in [-0.2, 0) is 13.1 Å². The van der Waals surface area contributed by atoms with Gasteiger partial charge in [0.2, 0.25) is 11.9 Å². The summed E-state index contributed by atoms with van der Waals surface area (Å²) in [4.78, 5) is 17.5. The van der Waals surface area contributed by atoms with Gasteiger partial charge >= 0.3 is 0 Å². The number of benzene rings is 3. The first-order chi connectivity index (χ1) is 15.5. The summed E-state index contributed by atoms with van der Waals surface area (Å²) >= 11 is 0. The molecule has 0 saturated heterocycles. The van der Waals surface area contributed by atoms with Gasteiger partial charge in [-0.3, -0.25) is 4.79 Å². The Bertz CT molecular complexity index is 1220. The fourth-order valence-corrected chi connectivity index (χ4v) is 3.11. The minimum atomic E-state index is -0.336. The fraction of sp³-hybridized carbons (Fsp3) is 0.125. The molecule has 1 heterocycles. The first-order valence-corrected chi connectivity index (χ1v) is 10.0. The van der Waals surface area contributed by atoms with Crippen LogP contribution in [0.2, 0.25) is 0 Å². The highest BCUT2D eigenvalue weighted by molar-refractivity contribution is 5.97. The van der Waals surface area contributed by atoms with Gasteiger partial charge < -0.3 is 10.6 Å². The molecule has 0 spiro atoms. The van der Waals surface area contributed by atoms with Gasteiger partial charge in [0, 0.05) is 18.7 Å². The molecular formula is C24H21F2N5O. The number of aromatic nitrogens is 3. The lowest BCUT2D eigenvalue weighted by Crippen LogP contribution is -2.17. The standard InChI is InChI=1S/C24H21F2N5O/c1-16-3-2-4-19(13-16)22(32)31-24(28-15-18-7-11-21(26)12-8-18)29-23(30-31)27-14-17-5-9-20(25)10-6-17/h2-13H,14-15H2,1H3,(H2,27,28,29,30). The van der Waals surface area contributed by atoms with E-state index in [2.05, 4.69) is 20.7 Å². The fourth-order valence-electron chi connectivity index (χ4n) is 3.11. The van der Waals surface area contributed by atoms with Crippen LogP contribution in [0.4, 0.5) is 20.7 Å². The highest BCUT2D eigenvalue weighted by Gasteiger charge is 2.18. The van der Waals surface area contributed by atoms with Gasteiger partial charge in [-0.1, -0.05) is 42.0 Å². The zero-order valence-electron chi connectivity index (χ0n) is 17.3. The largest absolute Gasteiger partial charge is 0.350 e. The summed E-state index contributed by atoms with van der Waals surface area (Å²) in [7, 11) is 0. The zero-order valence-corrected chi connectivity index (χ0v) is 17.3. The minimum Gasteiger partial charge on any atom is -0.350 e. The summed E-state index contributed by atoms with van der Waals surface area (Å²) in [5.74, 6) is -0.469. The maximum Gasteiger partial charge on any atom is 0.281 e. The Labute approximate surface area is 183 Å². The van der Waals surface area contributed by atoms with Crippen molar-refractivity contribution in [3.8, 4) is 0 Å². The molecule has 0 amide bonds. The normalized spacial score (nSPS) is 10.7. The Morgan fingerprint density at radius 1 is 0.875 bits per heavy atom. The summed E-state index contributed by atoms with van der Waals surface area (Å²) < 4.78 is 27.5. The Morgan fingerprint density at radius 3 is 2.06 bits per heavy atom. The molecule has 0 atom stereocenters. The second-order valence-electron chi connectivity index (χ2n) is 7.31. The number of hydrogen-bond donors (Lipinski definition) is 2. The molecule has 1 aromatic heterocycles. The van der Waals surface area contributed by atoms with E-state index in [0.717, 1.165) is 16.7 Å². The number of anilines is 2. The first kappa shape index (κ1) is 21.2. The maximum atomic E-state index is 13.2. The smallest absolute Gasteiger partial charge is 0.281 e. The number of halogens is 2. The molecule has 0 aliphatic heterocycles. The second-order valence-corrected chi connectivity index (χ2v) is 7.31. The molecule has 8 heteroatoms. The number of hydrogen-bond acceptors (Lipinski definition) is 5. The van der Waals surface area contributed by atoms with Crippen molar-refractivity contribution in [1.29, 1.82) is 0 Å². The number of carbonyl (C=O) groups is 1. The van der Waals surface area contributed by atoms with Gasteiger partial charge in [0.1, 0.15) is 11.6 Å². The van der Waals surface area contributed by atoms with Crippen molar-refractivity contribution in [2.45, 2.75) is 20.0 Å². The summed E-state index contributed by atoms with van der Waals surface area (Å²) in [6.45, 7) is 2.60. The lowest BCUT2D eigenvalue weighted by molar-refractivity contribution is 0.0947. The van der Waals surface area contributed by atoms with Crippen LogP contribution in [0.3, 0.4) is 0 Å². The predicted octanol–water partition coefficient (Wildman–Crippen LogP) is 4.78. The van der Waals surface area contributed by atoms with Crippen LogP contribution in [0.1, 0.15) is 27.0 Å². The van der Waals surface area contributed by atoms with Gasteiger partial charge in [0.05, 0.1) is 0 Å². The molecule has 32 heavy (non-hydrogen) atoms. The number of nitrogens with zero attached hydrogens (tertiary/aromatic N) is 3. The predicted molar refractivity (Wildman–Crippen MR) is 118 cm³/mol. The van der Waals surface area contributed by atoms with E-state index < -0.39 is 0 Å². The van der Waals surface area contributed by atoms with E-state index in [1.54, 1.807) is 42.5 Å². The van der Waals surface area contributed by atoms with Gasteiger partial charge in [0.15, 0.2) is 0 Å². The van der Waals surface area contributed by atoms with E-state index >= 15 is 0 Å². The monoisotopic (exact) mass is 433 g/mol. The third-order valence-corrected chi connectivity index (χ3v) is 4.79. The van der Waals surface area contributed by atoms with Gasteiger partial charge in [-0.2, -0.15) is 9.67 Å². The van der Waals surface area contributed by atoms with Crippen LogP contribution in [-0.4, -0.2) is 20.7 Å². The quantitative estimate of drug-likeness (QED) is 0.439. The average Bonchev–Trinajstić information content (AvgIpc) is 3.21. The molecule has 0 fully saturated rings. The zero-order chi connectivity index (χ0) is 22.5. The highest BCUT2D eigenvalue weighted by Crippen LogP contribution is 2.16.